The van der Waals surface area contributed by atoms with E-state index in [-0.39, 0.29) is 0 Å². The lowest BCUT2D eigenvalue weighted by atomic mass is 9.86. The number of nitrogens with zero attached hydrogens (tertiary/aromatic N) is 2. The molecule has 0 spiro atoms. The van der Waals surface area contributed by atoms with Gasteiger partial charge in [0.25, 0.3) is 0 Å². The van der Waals surface area contributed by atoms with Crippen LogP contribution in [-0.2, 0) is 0 Å². The van der Waals surface area contributed by atoms with E-state index in [2.05, 4.69) is 38.8 Å². The summed E-state index contributed by atoms with van der Waals surface area (Å²) in [4.78, 5) is 4.70. The van der Waals surface area contributed by atoms with Gasteiger partial charge in [-0.25, -0.2) is 4.98 Å². The average molecular weight is 321 g/mol. The minimum atomic E-state index is 0.693. The molecule has 19 heavy (non-hydrogen) atoms. The topological polar surface area (TPSA) is 26.5 Å². The summed E-state index contributed by atoms with van der Waals surface area (Å²) in [5, 5.41) is 0. The first kappa shape index (κ1) is 11.8. The van der Waals surface area contributed by atoms with Crippen molar-refractivity contribution in [3.8, 4) is 5.75 Å². The molecule has 2 saturated carbocycles. The summed E-state index contributed by atoms with van der Waals surface area (Å²) in [6, 6.07) is 2.05. The van der Waals surface area contributed by atoms with E-state index in [0.29, 0.717) is 5.92 Å². The fraction of sp³-hybridized carbons (Fsp3) is 0.533. The number of aromatic nitrogens is 2. The minimum Gasteiger partial charge on any atom is -0.492 e. The van der Waals surface area contributed by atoms with Crippen LogP contribution >= 0.6 is 15.9 Å². The van der Waals surface area contributed by atoms with Gasteiger partial charge in [0.2, 0.25) is 0 Å². The van der Waals surface area contributed by atoms with Crippen LogP contribution in [0.5, 0.6) is 5.75 Å². The SMILES string of the molecule is Brc1cn2cc(C3CC3)nc2cc1OCC1CCC1. The Bertz CT molecular complexity index is 614. The maximum absolute atomic E-state index is 5.93. The van der Waals surface area contributed by atoms with E-state index >= 15 is 0 Å². The van der Waals surface area contributed by atoms with Crippen LogP contribution < -0.4 is 4.74 Å². The molecule has 100 valence electrons. The molecule has 0 N–H and O–H groups in total. The Morgan fingerprint density at radius 1 is 1.26 bits per heavy atom. The van der Waals surface area contributed by atoms with Gasteiger partial charge in [-0.15, -0.1) is 0 Å². The van der Waals surface area contributed by atoms with Crippen molar-refractivity contribution in [1.29, 1.82) is 0 Å². The zero-order chi connectivity index (χ0) is 12.8. The predicted octanol–water partition coefficient (Wildman–Crippen LogP) is 4.15. The predicted molar refractivity (Wildman–Crippen MR) is 77.7 cm³/mol. The number of halogens is 1. The van der Waals surface area contributed by atoms with Crippen molar-refractivity contribution >= 4 is 21.6 Å². The summed E-state index contributed by atoms with van der Waals surface area (Å²) in [6.45, 7) is 0.838. The van der Waals surface area contributed by atoms with Crippen molar-refractivity contribution in [1.82, 2.24) is 9.38 Å². The normalized spacial score (nSPS) is 19.6. The summed E-state index contributed by atoms with van der Waals surface area (Å²) < 4.78 is 9.04. The maximum Gasteiger partial charge on any atom is 0.140 e. The third-order valence-electron chi connectivity index (χ3n) is 4.22. The highest BCUT2D eigenvalue weighted by molar-refractivity contribution is 9.10. The van der Waals surface area contributed by atoms with Crippen LogP contribution in [0.2, 0.25) is 0 Å². The first-order valence-corrected chi connectivity index (χ1v) is 7.90. The Labute approximate surface area is 121 Å². The minimum absolute atomic E-state index is 0.693. The summed E-state index contributed by atoms with van der Waals surface area (Å²) >= 11 is 3.60. The van der Waals surface area contributed by atoms with Gasteiger partial charge in [0.1, 0.15) is 11.4 Å². The summed E-state index contributed by atoms with van der Waals surface area (Å²) in [5.41, 5.74) is 2.22. The molecule has 4 rings (SSSR count). The first-order valence-electron chi connectivity index (χ1n) is 7.10. The molecule has 0 radical (unpaired) electrons. The lowest BCUT2D eigenvalue weighted by Gasteiger charge is -2.25. The Balaban J connectivity index is 1.60. The van der Waals surface area contributed by atoms with Gasteiger partial charge >= 0.3 is 0 Å². The molecule has 0 amide bonds. The van der Waals surface area contributed by atoms with Crippen LogP contribution in [0.1, 0.15) is 43.7 Å². The van der Waals surface area contributed by atoms with Crippen LogP contribution in [0.4, 0.5) is 0 Å². The second-order valence-electron chi connectivity index (χ2n) is 5.80. The van der Waals surface area contributed by atoms with Crippen molar-refractivity contribution in [2.75, 3.05) is 6.61 Å². The summed E-state index contributed by atoms with van der Waals surface area (Å²) in [6.07, 6.45) is 10.8. The number of ether oxygens (including phenoxy) is 1. The first-order chi connectivity index (χ1) is 9.29. The number of imidazole rings is 1. The van der Waals surface area contributed by atoms with Crippen molar-refractivity contribution in [2.45, 2.75) is 38.0 Å². The molecule has 2 aliphatic rings. The zero-order valence-electron chi connectivity index (χ0n) is 10.8. The fourth-order valence-corrected chi connectivity index (χ4v) is 3.01. The number of fused-ring (bicyclic) bond motifs is 1. The van der Waals surface area contributed by atoms with Gasteiger partial charge in [-0.05, 0) is 47.5 Å². The highest BCUT2D eigenvalue weighted by Crippen LogP contribution is 2.40. The Kier molecular flexibility index (Phi) is 2.79. The molecule has 4 heteroatoms. The molecule has 0 aliphatic heterocycles. The van der Waals surface area contributed by atoms with E-state index in [1.807, 2.05) is 0 Å². The maximum atomic E-state index is 5.93. The highest BCUT2D eigenvalue weighted by Gasteiger charge is 2.26. The van der Waals surface area contributed by atoms with Crippen LogP contribution in [0.15, 0.2) is 22.9 Å². The Morgan fingerprint density at radius 3 is 2.79 bits per heavy atom. The molecule has 0 atom stereocenters. The van der Waals surface area contributed by atoms with Crippen molar-refractivity contribution < 1.29 is 4.74 Å². The molecule has 2 aromatic heterocycles. The third kappa shape index (κ3) is 2.27. The van der Waals surface area contributed by atoms with E-state index in [1.165, 1.54) is 37.8 Å². The molecule has 2 heterocycles. The quantitative estimate of drug-likeness (QED) is 0.845. The lowest BCUT2D eigenvalue weighted by Crippen LogP contribution is -2.19. The molecule has 0 unspecified atom stereocenters. The monoisotopic (exact) mass is 320 g/mol. The largest absolute Gasteiger partial charge is 0.492 e. The van der Waals surface area contributed by atoms with Crippen LogP contribution in [0.25, 0.3) is 5.65 Å². The number of rotatable bonds is 4. The van der Waals surface area contributed by atoms with Gasteiger partial charge in [0.05, 0.1) is 16.8 Å². The van der Waals surface area contributed by atoms with Crippen LogP contribution in [-0.4, -0.2) is 16.0 Å². The van der Waals surface area contributed by atoms with Gasteiger partial charge < -0.3 is 9.14 Å². The molecule has 0 bridgehead atoms. The molecule has 0 aromatic carbocycles. The molecule has 2 aliphatic carbocycles. The lowest BCUT2D eigenvalue weighted by molar-refractivity contribution is 0.180. The average Bonchev–Trinajstić information content (AvgIpc) is 3.09. The van der Waals surface area contributed by atoms with Gasteiger partial charge in [0.15, 0.2) is 0 Å². The standard InChI is InChI=1S/C15H17BrN2O/c16-12-7-18-8-13(11-4-5-11)17-15(18)6-14(12)19-9-10-2-1-3-10/h6-8,10-11H,1-5,9H2. The highest BCUT2D eigenvalue weighted by atomic mass is 79.9. The second-order valence-corrected chi connectivity index (χ2v) is 6.65. The smallest absolute Gasteiger partial charge is 0.140 e. The molecular weight excluding hydrogens is 304 g/mol. The van der Waals surface area contributed by atoms with Crippen molar-refractivity contribution in [3.63, 3.8) is 0 Å². The van der Waals surface area contributed by atoms with E-state index in [4.69, 9.17) is 9.72 Å². The van der Waals surface area contributed by atoms with Crippen LogP contribution in [0.3, 0.4) is 0 Å². The van der Waals surface area contributed by atoms with E-state index < -0.39 is 0 Å². The molecular formula is C15H17BrN2O. The molecule has 3 nitrogen and oxygen atoms in total. The van der Waals surface area contributed by atoms with Gasteiger partial charge in [-0.1, -0.05) is 6.42 Å². The number of pyridine rings is 1. The fourth-order valence-electron chi connectivity index (χ4n) is 2.56. The van der Waals surface area contributed by atoms with Gasteiger partial charge in [-0.2, -0.15) is 0 Å². The number of hydrogen-bond donors (Lipinski definition) is 0. The van der Waals surface area contributed by atoms with Crippen molar-refractivity contribution in [2.24, 2.45) is 5.92 Å². The zero-order valence-corrected chi connectivity index (χ0v) is 12.4. The molecule has 0 saturated heterocycles. The van der Waals surface area contributed by atoms with Crippen molar-refractivity contribution in [3.05, 3.63) is 28.6 Å². The van der Waals surface area contributed by atoms with E-state index in [0.717, 1.165) is 28.4 Å². The van der Waals surface area contributed by atoms with Crippen LogP contribution in [0, 0.1) is 5.92 Å². The number of hydrogen-bond acceptors (Lipinski definition) is 2. The Morgan fingerprint density at radius 2 is 2.11 bits per heavy atom. The third-order valence-corrected chi connectivity index (χ3v) is 4.82. The molecule has 2 fully saturated rings. The Hall–Kier alpha value is -1.03. The summed E-state index contributed by atoms with van der Waals surface area (Å²) in [5.74, 6) is 2.37. The van der Waals surface area contributed by atoms with Gasteiger partial charge in [-0.3, -0.25) is 0 Å². The second kappa shape index (κ2) is 4.51. The van der Waals surface area contributed by atoms with Gasteiger partial charge in [0, 0.05) is 24.4 Å². The molecule has 2 aromatic rings. The van der Waals surface area contributed by atoms with E-state index in [1.54, 1.807) is 0 Å². The summed E-state index contributed by atoms with van der Waals surface area (Å²) in [7, 11) is 0. The van der Waals surface area contributed by atoms with E-state index in [9.17, 15) is 0 Å².